The van der Waals surface area contributed by atoms with Crippen molar-refractivity contribution in [2.24, 2.45) is 5.41 Å². The first-order valence-electron chi connectivity index (χ1n) is 11.6. The lowest BCUT2D eigenvalue weighted by molar-refractivity contribution is -0.152. The molecule has 0 N–H and O–H groups in total. The maximum atomic E-state index is 13.5. The first kappa shape index (κ1) is 29.4. The monoisotopic (exact) mass is 555 g/mol. The van der Waals surface area contributed by atoms with Crippen molar-refractivity contribution in [3.05, 3.63) is 42.5 Å². The predicted octanol–water partition coefficient (Wildman–Crippen LogP) is 4.67. The van der Waals surface area contributed by atoms with Crippen molar-refractivity contribution in [2.75, 3.05) is 44.8 Å². The van der Waals surface area contributed by atoms with Crippen LogP contribution >= 0.6 is 10.0 Å². The summed E-state index contributed by atoms with van der Waals surface area (Å²) < 4.78 is 57.2. The van der Waals surface area contributed by atoms with Crippen LogP contribution in [0.1, 0.15) is 19.7 Å². The van der Waals surface area contributed by atoms with Gasteiger partial charge in [0.1, 0.15) is 13.3 Å². The van der Waals surface area contributed by atoms with E-state index in [0.29, 0.717) is 29.3 Å². The number of carbonyl (C=O) groups is 1. The molecule has 0 aromatic carbocycles. The van der Waals surface area contributed by atoms with E-state index in [9.17, 15) is 18.0 Å². The fraction of sp³-hybridized carbons (Fsp3) is 0.480. The normalized spacial score (nSPS) is 12.9. The van der Waals surface area contributed by atoms with Crippen LogP contribution in [0.4, 0.5) is 13.2 Å². The van der Waals surface area contributed by atoms with Crippen molar-refractivity contribution >= 4 is 16.0 Å². The predicted molar refractivity (Wildman–Crippen MR) is 139 cm³/mol. The van der Waals surface area contributed by atoms with Gasteiger partial charge in [-0.05, 0) is 50.8 Å². The van der Waals surface area contributed by atoms with Gasteiger partial charge in [-0.3, -0.25) is 9.78 Å². The molecule has 0 atom stereocenters. The molecule has 0 fully saturated rings. The minimum atomic E-state index is -4.68. The molecule has 0 bridgehead atoms. The van der Waals surface area contributed by atoms with E-state index in [4.69, 9.17) is 14.2 Å². The first-order valence-corrected chi connectivity index (χ1v) is 14.6. The summed E-state index contributed by atoms with van der Waals surface area (Å²) in [6.45, 7) is 3.48. The molecule has 3 heterocycles. The molecular formula is C25H32F3N5O4S. The van der Waals surface area contributed by atoms with Crippen molar-refractivity contribution < 1.29 is 32.2 Å². The summed E-state index contributed by atoms with van der Waals surface area (Å²) in [4.78, 5) is 24.1. The third-order valence-electron chi connectivity index (χ3n) is 5.35. The summed E-state index contributed by atoms with van der Waals surface area (Å²) in [6.07, 6.45) is 4.59. The quantitative estimate of drug-likeness (QED) is 0.249. The topological polar surface area (TPSA) is 101 Å². The second-order valence-corrected chi connectivity index (χ2v) is 14.7. The molecule has 3 aromatic rings. The lowest BCUT2D eigenvalue weighted by Gasteiger charge is -2.24. The van der Waals surface area contributed by atoms with E-state index in [-0.39, 0.29) is 19.2 Å². The van der Waals surface area contributed by atoms with Crippen LogP contribution in [0, 0.1) is 5.41 Å². The zero-order valence-corrected chi connectivity index (χ0v) is 23.0. The molecule has 0 unspecified atom stereocenters. The molecule has 0 spiro atoms. The summed E-state index contributed by atoms with van der Waals surface area (Å²) in [5, 5.41) is 4.02. The summed E-state index contributed by atoms with van der Waals surface area (Å²) in [5.74, 6) is -0.530. The number of hydrogen-bond donors (Lipinski definition) is 0. The van der Waals surface area contributed by atoms with E-state index in [1.54, 1.807) is 44.3 Å². The van der Waals surface area contributed by atoms with Crippen LogP contribution in [-0.4, -0.2) is 75.5 Å². The van der Waals surface area contributed by atoms with Gasteiger partial charge in [0, 0.05) is 35.3 Å². The largest absolute Gasteiger partial charge is 0.476 e. The van der Waals surface area contributed by atoms with Gasteiger partial charge in [-0.1, -0.05) is 0 Å². The van der Waals surface area contributed by atoms with Gasteiger partial charge in [0.25, 0.3) is 0 Å². The molecule has 208 valence electrons. The lowest BCUT2D eigenvalue weighted by Crippen LogP contribution is -2.32. The van der Waals surface area contributed by atoms with Gasteiger partial charge in [-0.15, -0.1) is 5.10 Å². The smallest absolute Gasteiger partial charge is 0.451 e. The molecule has 9 nitrogen and oxygen atoms in total. The fourth-order valence-corrected chi connectivity index (χ4v) is 3.75. The third kappa shape index (κ3) is 7.90. The van der Waals surface area contributed by atoms with Gasteiger partial charge >= 0.3 is 12.1 Å². The van der Waals surface area contributed by atoms with Crippen molar-refractivity contribution in [3.63, 3.8) is 0 Å². The van der Waals surface area contributed by atoms with Gasteiger partial charge in [0.2, 0.25) is 11.7 Å². The van der Waals surface area contributed by atoms with E-state index in [0.717, 1.165) is 10.4 Å². The van der Waals surface area contributed by atoms with Crippen molar-refractivity contribution in [1.82, 2.24) is 24.7 Å². The molecule has 0 aliphatic heterocycles. The molecule has 3 rings (SSSR count). The van der Waals surface area contributed by atoms with Crippen LogP contribution in [0.5, 0.6) is 5.88 Å². The number of rotatable bonds is 11. The zero-order chi connectivity index (χ0) is 28.1. The van der Waals surface area contributed by atoms with Gasteiger partial charge in [0.05, 0.1) is 24.8 Å². The zero-order valence-electron chi connectivity index (χ0n) is 22.2. The minimum Gasteiger partial charge on any atom is -0.476 e. The van der Waals surface area contributed by atoms with Crippen molar-refractivity contribution in [1.29, 1.82) is 0 Å². The first-order chi connectivity index (χ1) is 17.7. The Kier molecular flexibility index (Phi) is 9.03. The summed E-state index contributed by atoms with van der Waals surface area (Å²) in [7, 11) is 0.489. The minimum absolute atomic E-state index is 0.0845. The highest BCUT2D eigenvalue weighted by Gasteiger charge is 2.38. The highest BCUT2D eigenvalue weighted by atomic mass is 32.3. The van der Waals surface area contributed by atoms with E-state index in [1.807, 2.05) is 0 Å². The highest BCUT2D eigenvalue weighted by molar-refractivity contribution is 8.32. The fourth-order valence-electron chi connectivity index (χ4n) is 3.13. The summed E-state index contributed by atoms with van der Waals surface area (Å²) in [6, 6.07) is 6.61. The highest BCUT2D eigenvalue weighted by Crippen LogP contribution is 2.34. The average Bonchev–Trinajstić information content (AvgIpc) is 3.30. The number of halogens is 3. The van der Waals surface area contributed by atoms with Crippen LogP contribution in [0.3, 0.4) is 0 Å². The SMILES string of the molecule is COC(=O)C(C)(C)COc1ccc(-c2ccc(-c3nc(C(F)(F)F)n(COCCS(C)(C)C)n3)cn2)cn1. The van der Waals surface area contributed by atoms with Crippen LogP contribution in [-0.2, 0) is 27.2 Å². The Balaban J connectivity index is 1.70. The number of alkyl halides is 3. The lowest BCUT2D eigenvalue weighted by atomic mass is 9.95. The number of aromatic nitrogens is 5. The van der Waals surface area contributed by atoms with Gasteiger partial charge in [0.15, 0.2) is 5.82 Å². The van der Waals surface area contributed by atoms with Crippen molar-refractivity contribution in [2.45, 2.75) is 26.8 Å². The molecular weight excluding hydrogens is 523 g/mol. The standard InChI is InChI=1S/C25H32F3N5O4S/c1-24(2,23(34)35-3)15-37-20-10-8-17(13-30-20)19-9-7-18(14-29-19)21-31-22(25(26,27)28)33(32-21)16-36-11-12-38(4,5)6/h7-10,13-14H,11-12,15-16H2,1-6H3. The number of esters is 1. The molecule has 13 heteroatoms. The molecule has 38 heavy (non-hydrogen) atoms. The van der Waals surface area contributed by atoms with Crippen LogP contribution in [0.2, 0.25) is 0 Å². The number of carbonyl (C=O) groups excluding carboxylic acids is 1. The van der Waals surface area contributed by atoms with Gasteiger partial charge in [-0.2, -0.15) is 13.2 Å². The molecule has 0 aliphatic carbocycles. The third-order valence-corrected chi connectivity index (χ3v) is 6.74. The molecule has 0 aliphatic rings. The number of methoxy groups -OCH3 is 1. The summed E-state index contributed by atoms with van der Waals surface area (Å²) >= 11 is 0. The Labute approximate surface area is 221 Å². The number of ether oxygens (including phenoxy) is 3. The Hall–Kier alpha value is -3.19. The number of pyridine rings is 2. The molecule has 0 saturated heterocycles. The maximum Gasteiger partial charge on any atom is 0.451 e. The molecule has 3 aromatic heterocycles. The number of hydrogen-bond acceptors (Lipinski definition) is 8. The van der Waals surface area contributed by atoms with Crippen LogP contribution < -0.4 is 4.74 Å². The van der Waals surface area contributed by atoms with E-state index in [1.165, 1.54) is 13.3 Å². The van der Waals surface area contributed by atoms with E-state index >= 15 is 0 Å². The van der Waals surface area contributed by atoms with E-state index in [2.05, 4.69) is 38.8 Å². The Morgan fingerprint density at radius 2 is 1.71 bits per heavy atom. The molecule has 0 amide bonds. The van der Waals surface area contributed by atoms with Crippen molar-refractivity contribution in [3.8, 4) is 28.5 Å². The summed E-state index contributed by atoms with van der Waals surface area (Å²) in [5.41, 5.74) is 0.708. The van der Waals surface area contributed by atoms with Gasteiger partial charge < -0.3 is 14.2 Å². The van der Waals surface area contributed by atoms with Gasteiger partial charge in [-0.25, -0.2) is 24.7 Å². The molecule has 0 radical (unpaired) electrons. The second-order valence-electron chi connectivity index (χ2n) is 10.1. The Morgan fingerprint density at radius 3 is 2.26 bits per heavy atom. The Morgan fingerprint density at radius 1 is 1.03 bits per heavy atom. The second kappa shape index (κ2) is 11.7. The number of nitrogens with zero attached hydrogens (tertiary/aromatic N) is 5. The van der Waals surface area contributed by atoms with Crippen LogP contribution in [0.15, 0.2) is 36.7 Å². The average molecular weight is 556 g/mol. The maximum absolute atomic E-state index is 13.5. The van der Waals surface area contributed by atoms with E-state index < -0.39 is 33.4 Å². The molecule has 0 saturated carbocycles. The van der Waals surface area contributed by atoms with Crippen LogP contribution in [0.25, 0.3) is 22.6 Å². The Bertz CT molecular complexity index is 1220.